The van der Waals surface area contributed by atoms with Crippen molar-refractivity contribution in [1.82, 2.24) is 10.2 Å². The van der Waals surface area contributed by atoms with E-state index in [1.807, 2.05) is 0 Å². The van der Waals surface area contributed by atoms with Gasteiger partial charge in [0, 0.05) is 38.5 Å². The summed E-state index contributed by atoms with van der Waals surface area (Å²) in [6, 6.07) is 8.90. The Morgan fingerprint density at radius 2 is 2.12 bits per heavy atom. The van der Waals surface area contributed by atoms with Crippen LogP contribution in [0.3, 0.4) is 0 Å². The lowest BCUT2D eigenvalue weighted by Gasteiger charge is -2.38. The smallest absolute Gasteiger partial charge is 0.224 e. The van der Waals surface area contributed by atoms with Gasteiger partial charge in [0.1, 0.15) is 0 Å². The van der Waals surface area contributed by atoms with E-state index in [2.05, 4.69) is 46.4 Å². The van der Waals surface area contributed by atoms with E-state index >= 15 is 0 Å². The number of methoxy groups -OCH3 is 1. The number of likely N-dealkylation sites (N-methyl/N-ethyl adjacent to an activating group) is 1. The van der Waals surface area contributed by atoms with Crippen molar-refractivity contribution in [3.8, 4) is 0 Å². The minimum absolute atomic E-state index is 0.0458. The molecule has 0 spiro atoms. The maximum Gasteiger partial charge on any atom is 0.224 e. The summed E-state index contributed by atoms with van der Waals surface area (Å²) in [6.07, 6.45) is 5.43. The van der Waals surface area contributed by atoms with Crippen LogP contribution in [-0.4, -0.2) is 63.8 Å². The highest BCUT2D eigenvalue weighted by molar-refractivity contribution is 5.79. The average molecular weight is 360 g/mol. The molecule has 144 valence electrons. The molecule has 0 aliphatic carbocycles. The van der Waals surface area contributed by atoms with Gasteiger partial charge < -0.3 is 19.9 Å². The second-order valence-electron chi connectivity index (χ2n) is 7.62. The second-order valence-corrected chi connectivity index (χ2v) is 7.62. The summed E-state index contributed by atoms with van der Waals surface area (Å²) >= 11 is 0. The minimum atomic E-state index is 0.0458. The Labute approximate surface area is 157 Å². The summed E-state index contributed by atoms with van der Waals surface area (Å²) in [5.41, 5.74) is 2.83. The largest absolute Gasteiger partial charge is 0.383 e. The van der Waals surface area contributed by atoms with Gasteiger partial charge in [0.2, 0.25) is 5.91 Å². The average Bonchev–Trinajstić information content (AvgIpc) is 2.67. The van der Waals surface area contributed by atoms with Crippen LogP contribution >= 0.6 is 0 Å². The molecule has 0 radical (unpaired) electrons. The van der Waals surface area contributed by atoms with E-state index in [-0.39, 0.29) is 17.9 Å². The number of hydrogen-bond acceptors (Lipinski definition) is 4. The van der Waals surface area contributed by atoms with Gasteiger partial charge in [-0.15, -0.1) is 0 Å². The van der Waals surface area contributed by atoms with Crippen molar-refractivity contribution in [2.75, 3.05) is 51.8 Å². The quantitative estimate of drug-likeness (QED) is 0.759. The zero-order valence-electron chi connectivity index (χ0n) is 16.2. The van der Waals surface area contributed by atoms with E-state index in [1.165, 1.54) is 24.1 Å². The predicted octanol–water partition coefficient (Wildman–Crippen LogP) is 2.30. The fraction of sp³-hybridized carbons (Fsp3) is 0.667. The Morgan fingerprint density at radius 1 is 1.27 bits per heavy atom. The van der Waals surface area contributed by atoms with Gasteiger partial charge >= 0.3 is 0 Å². The minimum Gasteiger partial charge on any atom is -0.383 e. The molecule has 0 aromatic heterocycles. The first-order chi connectivity index (χ1) is 12.7. The number of nitrogens with one attached hydrogen (secondary N) is 1. The molecule has 1 aromatic carbocycles. The highest BCUT2D eigenvalue weighted by Gasteiger charge is 2.34. The van der Waals surface area contributed by atoms with Gasteiger partial charge in [0.05, 0.1) is 12.5 Å². The van der Waals surface area contributed by atoms with Crippen LogP contribution in [0.2, 0.25) is 0 Å². The van der Waals surface area contributed by atoms with Crippen molar-refractivity contribution in [2.24, 2.45) is 5.92 Å². The molecule has 2 aliphatic heterocycles. The topological polar surface area (TPSA) is 44.8 Å². The van der Waals surface area contributed by atoms with Crippen molar-refractivity contribution >= 4 is 11.6 Å². The lowest BCUT2D eigenvalue weighted by atomic mass is 9.89. The van der Waals surface area contributed by atoms with Crippen LogP contribution in [-0.2, 0) is 16.0 Å². The Hall–Kier alpha value is -1.59. The van der Waals surface area contributed by atoms with Gasteiger partial charge in [-0.3, -0.25) is 4.79 Å². The van der Waals surface area contributed by atoms with Crippen LogP contribution in [0.1, 0.15) is 31.2 Å². The van der Waals surface area contributed by atoms with E-state index < -0.39 is 0 Å². The third-order valence-corrected chi connectivity index (χ3v) is 5.84. The normalized spacial score (nSPS) is 23.5. The molecule has 1 saturated heterocycles. The number of hydrogen-bond donors (Lipinski definition) is 1. The van der Waals surface area contributed by atoms with Crippen LogP contribution in [0.4, 0.5) is 5.69 Å². The summed E-state index contributed by atoms with van der Waals surface area (Å²) < 4.78 is 5.34. The number of carbonyl (C=O) groups excluding carboxylic acids is 1. The summed E-state index contributed by atoms with van der Waals surface area (Å²) in [4.78, 5) is 17.4. The zero-order chi connectivity index (χ0) is 18.4. The molecular weight excluding hydrogens is 326 g/mol. The number of fused-ring (bicyclic) bond motifs is 1. The number of amides is 1. The second kappa shape index (κ2) is 9.38. The lowest BCUT2D eigenvalue weighted by Crippen LogP contribution is -2.51. The molecule has 1 amide bonds. The number of likely N-dealkylation sites (tertiary alicyclic amines) is 1. The number of para-hydroxylation sites is 1. The summed E-state index contributed by atoms with van der Waals surface area (Å²) in [6.45, 7) is 4.54. The van der Waals surface area contributed by atoms with E-state index in [4.69, 9.17) is 4.74 Å². The van der Waals surface area contributed by atoms with Gasteiger partial charge in [-0.2, -0.15) is 0 Å². The predicted molar refractivity (Wildman–Crippen MR) is 106 cm³/mol. The number of rotatable bonds is 7. The number of aryl methyl sites for hydroxylation is 1. The third kappa shape index (κ3) is 4.57. The standard InChI is InChI=1S/C21H33N3O2/c1-23-13-6-10-18(20(23)16-26-2)21(25)22-12-7-15-24-14-5-9-17-8-3-4-11-19(17)24/h3-4,8,11,18,20H,5-7,9-10,12-16H2,1-2H3,(H,22,25)/t18-,20-/m1/s1. The summed E-state index contributed by atoms with van der Waals surface area (Å²) in [5.74, 6) is 0.238. The van der Waals surface area contributed by atoms with Crippen LogP contribution in [0.25, 0.3) is 0 Å². The van der Waals surface area contributed by atoms with Gasteiger partial charge in [-0.05, 0) is 57.3 Å². The molecule has 2 aliphatic rings. The zero-order valence-corrected chi connectivity index (χ0v) is 16.2. The fourth-order valence-corrected chi connectivity index (χ4v) is 4.40. The number of carbonyl (C=O) groups is 1. The molecular formula is C21H33N3O2. The molecule has 26 heavy (non-hydrogen) atoms. The third-order valence-electron chi connectivity index (χ3n) is 5.84. The van der Waals surface area contributed by atoms with Crippen molar-refractivity contribution in [3.63, 3.8) is 0 Å². The first-order valence-electron chi connectivity index (χ1n) is 10.0. The molecule has 0 bridgehead atoms. The maximum atomic E-state index is 12.7. The number of anilines is 1. The Balaban J connectivity index is 1.45. The first-order valence-corrected chi connectivity index (χ1v) is 10.0. The van der Waals surface area contributed by atoms with Crippen molar-refractivity contribution < 1.29 is 9.53 Å². The Bertz CT molecular complexity index is 592. The van der Waals surface area contributed by atoms with E-state index in [1.54, 1.807) is 7.11 Å². The van der Waals surface area contributed by atoms with Gasteiger partial charge in [-0.25, -0.2) is 0 Å². The van der Waals surface area contributed by atoms with Gasteiger partial charge in [0.15, 0.2) is 0 Å². The molecule has 1 aromatic rings. The highest BCUT2D eigenvalue weighted by Crippen LogP contribution is 2.26. The Morgan fingerprint density at radius 3 is 2.96 bits per heavy atom. The number of benzene rings is 1. The molecule has 1 fully saturated rings. The van der Waals surface area contributed by atoms with Crippen LogP contribution < -0.4 is 10.2 Å². The number of piperidine rings is 1. The Kier molecular flexibility index (Phi) is 6.92. The fourth-order valence-electron chi connectivity index (χ4n) is 4.40. The van der Waals surface area contributed by atoms with Crippen LogP contribution in [0.5, 0.6) is 0 Å². The molecule has 5 nitrogen and oxygen atoms in total. The van der Waals surface area contributed by atoms with E-state index in [0.717, 1.165) is 45.4 Å². The number of nitrogens with zero attached hydrogens (tertiary/aromatic N) is 2. The molecule has 3 rings (SSSR count). The van der Waals surface area contributed by atoms with Crippen molar-refractivity contribution in [3.05, 3.63) is 29.8 Å². The molecule has 5 heteroatoms. The SMILES string of the molecule is COC[C@@H]1[C@H](C(=O)NCCCN2CCCc3ccccc32)CCCN1C. The van der Waals surface area contributed by atoms with Crippen LogP contribution in [0.15, 0.2) is 24.3 Å². The van der Waals surface area contributed by atoms with E-state index in [9.17, 15) is 4.79 Å². The van der Waals surface area contributed by atoms with Crippen LogP contribution in [0, 0.1) is 5.92 Å². The lowest BCUT2D eigenvalue weighted by molar-refractivity contribution is -0.129. The molecule has 0 unspecified atom stereocenters. The molecule has 2 atom stereocenters. The van der Waals surface area contributed by atoms with Gasteiger partial charge in [-0.1, -0.05) is 18.2 Å². The molecule has 0 saturated carbocycles. The summed E-state index contributed by atoms with van der Waals surface area (Å²) in [5, 5.41) is 3.18. The molecule has 2 heterocycles. The van der Waals surface area contributed by atoms with Gasteiger partial charge in [0.25, 0.3) is 0 Å². The summed E-state index contributed by atoms with van der Waals surface area (Å²) in [7, 11) is 3.81. The number of ether oxygens (including phenoxy) is 1. The first kappa shape index (κ1) is 19.2. The molecule has 1 N–H and O–H groups in total. The highest BCUT2D eigenvalue weighted by atomic mass is 16.5. The maximum absolute atomic E-state index is 12.7. The monoisotopic (exact) mass is 359 g/mol. The van der Waals surface area contributed by atoms with Crippen molar-refractivity contribution in [2.45, 2.75) is 38.1 Å². The van der Waals surface area contributed by atoms with E-state index in [0.29, 0.717) is 6.61 Å². The van der Waals surface area contributed by atoms with Crippen molar-refractivity contribution in [1.29, 1.82) is 0 Å².